The van der Waals surface area contributed by atoms with Gasteiger partial charge in [-0.25, -0.2) is 4.79 Å². The molecule has 3 heterocycles. The van der Waals surface area contributed by atoms with E-state index >= 15 is 0 Å². The summed E-state index contributed by atoms with van der Waals surface area (Å²) in [4.78, 5) is 21.1. The van der Waals surface area contributed by atoms with Gasteiger partial charge in [0.2, 0.25) is 0 Å². The van der Waals surface area contributed by atoms with Gasteiger partial charge in [0.15, 0.2) is 0 Å². The molecule has 4 N–H and O–H groups in total. The molecule has 3 aromatic carbocycles. The molecule has 9 heteroatoms. The topological polar surface area (TPSA) is 105 Å². The lowest BCUT2D eigenvalue weighted by Crippen LogP contribution is -2.45. The van der Waals surface area contributed by atoms with Crippen LogP contribution >= 0.6 is 0 Å². The zero-order valence-electron chi connectivity index (χ0n) is 25.0. The maximum atomic E-state index is 12.3. The summed E-state index contributed by atoms with van der Waals surface area (Å²) in [6.45, 7) is 10.6. The molecule has 0 saturated carbocycles. The first kappa shape index (κ1) is 30.3. The van der Waals surface area contributed by atoms with E-state index in [-0.39, 0.29) is 6.03 Å². The van der Waals surface area contributed by atoms with Gasteiger partial charge in [0.25, 0.3) is 0 Å². The molecule has 0 aliphatic carbocycles. The molecule has 2 fully saturated rings. The van der Waals surface area contributed by atoms with E-state index in [9.17, 15) is 4.79 Å². The Morgan fingerprint density at radius 3 is 2.21 bits per heavy atom. The highest BCUT2D eigenvalue weighted by atomic mass is 16.5. The number of nitrogens with one attached hydrogen (secondary N) is 2. The SMILES string of the molecule is CC1CN(c2ccc(CN)cc2)CC(C)O1.O=C(NCc1ccc(N2CCOCC2)cc1)Nc1cccc2cnccc12. The van der Waals surface area contributed by atoms with Gasteiger partial charge >= 0.3 is 6.03 Å². The maximum absolute atomic E-state index is 12.3. The average Bonchev–Trinajstić information content (AvgIpc) is 3.04. The van der Waals surface area contributed by atoms with Crippen LogP contribution in [0.2, 0.25) is 0 Å². The Hall–Kier alpha value is -4.18. The molecule has 9 nitrogen and oxygen atoms in total. The molecule has 2 saturated heterocycles. The fourth-order valence-electron chi connectivity index (χ4n) is 5.46. The lowest BCUT2D eigenvalue weighted by atomic mass is 10.1. The van der Waals surface area contributed by atoms with Gasteiger partial charge in [-0.1, -0.05) is 36.4 Å². The van der Waals surface area contributed by atoms with Gasteiger partial charge in [0.1, 0.15) is 0 Å². The van der Waals surface area contributed by atoms with Crippen molar-refractivity contribution in [3.63, 3.8) is 0 Å². The summed E-state index contributed by atoms with van der Waals surface area (Å²) in [6, 6.07) is 24.2. The van der Waals surface area contributed by atoms with Crippen LogP contribution in [0.4, 0.5) is 21.9 Å². The second kappa shape index (κ2) is 14.8. The standard InChI is InChI=1S/C21H22N4O2.C13H20N2O/c26-21(24-20-3-1-2-17-15-22-9-8-19(17)20)23-14-16-4-6-18(7-5-16)25-10-12-27-13-11-25;1-10-8-15(9-11(2)16-10)13-5-3-12(7-14)4-6-13/h1-9,15H,10-14H2,(H2,23,24,26);3-6,10-11H,7-9,14H2,1-2H3. The lowest BCUT2D eigenvalue weighted by molar-refractivity contribution is -0.00521. The van der Waals surface area contributed by atoms with E-state index in [0.29, 0.717) is 25.3 Å². The number of urea groups is 1. The summed E-state index contributed by atoms with van der Waals surface area (Å²) in [7, 11) is 0. The molecule has 1 aromatic heterocycles. The molecule has 0 bridgehead atoms. The monoisotopic (exact) mass is 582 g/mol. The first-order valence-corrected chi connectivity index (χ1v) is 15.0. The third-order valence-electron chi connectivity index (χ3n) is 7.65. The fraction of sp³-hybridized carbons (Fsp3) is 0.353. The van der Waals surface area contributed by atoms with Crippen molar-refractivity contribution >= 4 is 33.9 Å². The van der Waals surface area contributed by atoms with E-state index in [1.807, 2.05) is 24.3 Å². The van der Waals surface area contributed by atoms with Gasteiger partial charge in [-0.15, -0.1) is 0 Å². The number of amides is 2. The number of nitrogens with zero attached hydrogens (tertiary/aromatic N) is 3. The van der Waals surface area contributed by atoms with Gasteiger partial charge in [-0.3, -0.25) is 4.98 Å². The van der Waals surface area contributed by atoms with Crippen LogP contribution in [-0.4, -0.2) is 62.6 Å². The van der Waals surface area contributed by atoms with Crippen molar-refractivity contribution in [1.29, 1.82) is 0 Å². The van der Waals surface area contributed by atoms with Crippen LogP contribution in [0.25, 0.3) is 10.8 Å². The van der Waals surface area contributed by atoms with Gasteiger partial charge in [-0.05, 0) is 61.4 Å². The minimum atomic E-state index is -0.225. The number of carbonyl (C=O) groups excluding carboxylic acids is 1. The average molecular weight is 583 g/mol. The minimum Gasteiger partial charge on any atom is -0.378 e. The third-order valence-corrected chi connectivity index (χ3v) is 7.65. The maximum Gasteiger partial charge on any atom is 0.319 e. The number of morpholine rings is 2. The number of anilines is 3. The lowest BCUT2D eigenvalue weighted by Gasteiger charge is -2.36. The minimum absolute atomic E-state index is 0.225. The van der Waals surface area contributed by atoms with Crippen LogP contribution in [0.1, 0.15) is 25.0 Å². The first-order valence-electron chi connectivity index (χ1n) is 15.0. The molecule has 0 spiro atoms. The van der Waals surface area contributed by atoms with Crippen molar-refractivity contribution < 1.29 is 14.3 Å². The number of pyridine rings is 1. The zero-order valence-corrected chi connectivity index (χ0v) is 25.0. The molecule has 43 heavy (non-hydrogen) atoms. The van der Waals surface area contributed by atoms with Crippen LogP contribution in [-0.2, 0) is 22.6 Å². The first-order chi connectivity index (χ1) is 21.0. The number of rotatable bonds is 6. The van der Waals surface area contributed by atoms with Gasteiger partial charge < -0.3 is 35.6 Å². The van der Waals surface area contributed by atoms with Crippen LogP contribution in [0.15, 0.2) is 85.2 Å². The van der Waals surface area contributed by atoms with Crippen LogP contribution < -0.4 is 26.2 Å². The Morgan fingerprint density at radius 1 is 0.884 bits per heavy atom. The molecular formula is C34H42N6O3. The normalized spacial score (nSPS) is 18.5. The summed E-state index contributed by atoms with van der Waals surface area (Å²) >= 11 is 0. The quantitative estimate of drug-likeness (QED) is 0.289. The number of ether oxygens (including phenoxy) is 2. The third kappa shape index (κ3) is 8.44. The summed E-state index contributed by atoms with van der Waals surface area (Å²) in [5.41, 5.74) is 11.1. The molecule has 2 aliphatic rings. The summed E-state index contributed by atoms with van der Waals surface area (Å²) in [6.07, 6.45) is 4.12. The molecule has 226 valence electrons. The van der Waals surface area contributed by atoms with Crippen molar-refractivity contribution in [1.82, 2.24) is 10.3 Å². The summed E-state index contributed by atoms with van der Waals surface area (Å²) in [5.74, 6) is 0. The number of carbonyl (C=O) groups is 1. The number of hydrogen-bond donors (Lipinski definition) is 3. The number of fused-ring (bicyclic) bond motifs is 1. The van der Waals surface area contributed by atoms with E-state index in [4.69, 9.17) is 15.2 Å². The Bertz CT molecular complexity index is 1440. The number of hydrogen-bond acceptors (Lipinski definition) is 7. The van der Waals surface area contributed by atoms with Crippen molar-refractivity contribution in [3.05, 3.63) is 96.3 Å². The molecule has 0 radical (unpaired) electrons. The highest BCUT2D eigenvalue weighted by Gasteiger charge is 2.22. The fourth-order valence-corrected chi connectivity index (χ4v) is 5.46. The van der Waals surface area contributed by atoms with E-state index in [2.05, 4.69) is 87.8 Å². The Kier molecular flexibility index (Phi) is 10.4. The van der Waals surface area contributed by atoms with Gasteiger partial charge in [-0.2, -0.15) is 0 Å². The second-order valence-electron chi connectivity index (χ2n) is 11.0. The summed E-state index contributed by atoms with van der Waals surface area (Å²) in [5, 5.41) is 7.79. The van der Waals surface area contributed by atoms with Crippen molar-refractivity contribution in [2.45, 2.75) is 39.1 Å². The van der Waals surface area contributed by atoms with Crippen molar-refractivity contribution in [2.75, 3.05) is 54.5 Å². The summed E-state index contributed by atoms with van der Waals surface area (Å²) < 4.78 is 11.1. The molecule has 2 unspecified atom stereocenters. The predicted molar refractivity (Wildman–Crippen MR) is 174 cm³/mol. The molecule has 2 aliphatic heterocycles. The van der Waals surface area contributed by atoms with Gasteiger partial charge in [0.05, 0.1) is 31.1 Å². The van der Waals surface area contributed by atoms with Crippen molar-refractivity contribution in [3.8, 4) is 0 Å². The van der Waals surface area contributed by atoms with Crippen molar-refractivity contribution in [2.24, 2.45) is 5.73 Å². The van der Waals surface area contributed by atoms with Gasteiger partial charge in [0, 0.05) is 73.8 Å². The number of aromatic nitrogens is 1. The van der Waals surface area contributed by atoms with Crippen LogP contribution in [0, 0.1) is 0 Å². The molecule has 4 aromatic rings. The smallest absolute Gasteiger partial charge is 0.319 e. The molecular weight excluding hydrogens is 540 g/mol. The molecule has 2 atom stereocenters. The Balaban J connectivity index is 0.000000196. The highest BCUT2D eigenvalue weighted by Crippen LogP contribution is 2.23. The van der Waals surface area contributed by atoms with Crippen LogP contribution in [0.5, 0.6) is 0 Å². The van der Waals surface area contributed by atoms with E-state index < -0.39 is 0 Å². The largest absolute Gasteiger partial charge is 0.378 e. The Morgan fingerprint density at radius 2 is 1.53 bits per heavy atom. The van der Waals surface area contributed by atoms with E-state index in [1.54, 1.807) is 12.4 Å². The van der Waals surface area contributed by atoms with E-state index in [1.165, 1.54) is 16.9 Å². The number of benzene rings is 3. The highest BCUT2D eigenvalue weighted by molar-refractivity contribution is 6.01. The Labute approximate surface area is 254 Å². The molecule has 2 amide bonds. The molecule has 6 rings (SSSR count). The predicted octanol–water partition coefficient (Wildman–Crippen LogP) is 5.15. The van der Waals surface area contributed by atoms with Crippen LogP contribution in [0.3, 0.4) is 0 Å². The number of nitrogens with two attached hydrogens (primary N) is 1. The van der Waals surface area contributed by atoms with E-state index in [0.717, 1.165) is 61.4 Å². The second-order valence-corrected chi connectivity index (χ2v) is 11.0. The zero-order chi connectivity index (χ0) is 30.0.